The quantitative estimate of drug-likeness (QED) is 0.709. The summed E-state index contributed by atoms with van der Waals surface area (Å²) in [7, 11) is 0. The van der Waals surface area contributed by atoms with Crippen molar-refractivity contribution >= 4 is 57.6 Å². The van der Waals surface area contributed by atoms with Crippen molar-refractivity contribution in [2.45, 2.75) is 25.3 Å². The molecule has 2 aromatic rings. The average Bonchev–Trinajstić information content (AvgIpc) is 2.78. The predicted octanol–water partition coefficient (Wildman–Crippen LogP) is 5.19. The summed E-state index contributed by atoms with van der Waals surface area (Å²) in [6, 6.07) is 4.29. The van der Waals surface area contributed by atoms with E-state index in [1.165, 1.54) is 24.3 Å². The van der Waals surface area contributed by atoms with Gasteiger partial charge in [-0.15, -0.1) is 11.6 Å². The largest absolute Gasteiger partial charge is 0.325 e. The number of nitrogens with zero attached hydrogens (tertiary/aromatic N) is 2. The van der Waals surface area contributed by atoms with Gasteiger partial charge in [-0.05, 0) is 36.5 Å². The van der Waals surface area contributed by atoms with Gasteiger partial charge in [0.2, 0.25) is 0 Å². The number of halogens is 3. The highest BCUT2D eigenvalue weighted by Crippen LogP contribution is 2.34. The highest BCUT2D eigenvalue weighted by atomic mass is 35.5. The molecule has 0 unspecified atom stereocenters. The third-order valence-electron chi connectivity index (χ3n) is 3.68. The van der Waals surface area contributed by atoms with Crippen LogP contribution in [0, 0.1) is 0 Å². The first-order chi connectivity index (χ1) is 9.70. The van der Waals surface area contributed by atoms with Crippen molar-refractivity contribution in [3.05, 3.63) is 28.0 Å². The monoisotopic (exact) mass is 348 g/mol. The van der Waals surface area contributed by atoms with E-state index < -0.39 is 0 Å². The summed E-state index contributed by atoms with van der Waals surface area (Å²) in [6.07, 6.45) is 3.12. The molecule has 108 valence electrons. The summed E-state index contributed by atoms with van der Waals surface area (Å²) in [5.74, 6) is 4.02. The Labute approximate surface area is 137 Å². The van der Waals surface area contributed by atoms with Crippen molar-refractivity contribution in [3.63, 3.8) is 0 Å². The first-order valence-corrected chi connectivity index (χ1v) is 9.15. The molecule has 0 saturated carbocycles. The Kier molecular flexibility index (Phi) is 4.71. The fraction of sp³-hybridized carbons (Fsp3) is 0.500. The molecule has 6 heteroatoms. The highest BCUT2D eigenvalue weighted by Gasteiger charge is 2.22. The molecule has 1 aliphatic rings. The van der Waals surface area contributed by atoms with E-state index in [1.807, 2.05) is 23.9 Å². The molecule has 1 aromatic heterocycles. The summed E-state index contributed by atoms with van der Waals surface area (Å²) in [5, 5.41) is 1.14. The molecule has 3 rings (SSSR count). The van der Waals surface area contributed by atoms with Crippen molar-refractivity contribution < 1.29 is 0 Å². The molecule has 0 aliphatic carbocycles. The highest BCUT2D eigenvalue weighted by molar-refractivity contribution is 7.99. The Morgan fingerprint density at radius 2 is 1.90 bits per heavy atom. The van der Waals surface area contributed by atoms with Crippen molar-refractivity contribution in [3.8, 4) is 0 Å². The SMILES string of the molecule is ClCCc1nc2cc(Cl)c(Cl)cc2n1C1CCSCC1. The second kappa shape index (κ2) is 6.35. The standard InChI is InChI=1S/C14H15Cl3N2S/c15-4-1-14-18-12-7-10(16)11(17)8-13(12)19(14)9-2-5-20-6-3-9/h7-9H,1-6H2. The molecule has 1 aliphatic heterocycles. The number of thioether (sulfide) groups is 1. The van der Waals surface area contributed by atoms with Crippen LogP contribution < -0.4 is 0 Å². The van der Waals surface area contributed by atoms with Gasteiger partial charge in [-0.25, -0.2) is 4.98 Å². The van der Waals surface area contributed by atoms with Gasteiger partial charge in [0.05, 0.1) is 21.1 Å². The number of rotatable bonds is 3. The molecule has 1 fully saturated rings. The van der Waals surface area contributed by atoms with Crippen molar-refractivity contribution in [2.24, 2.45) is 0 Å². The van der Waals surface area contributed by atoms with E-state index in [-0.39, 0.29) is 0 Å². The molecular weight excluding hydrogens is 335 g/mol. The summed E-state index contributed by atoms with van der Waals surface area (Å²) < 4.78 is 2.33. The molecule has 0 bridgehead atoms. The minimum Gasteiger partial charge on any atom is -0.325 e. The lowest BCUT2D eigenvalue weighted by atomic mass is 10.1. The maximum atomic E-state index is 6.18. The molecule has 0 radical (unpaired) electrons. The predicted molar refractivity (Wildman–Crippen MR) is 89.8 cm³/mol. The zero-order valence-corrected chi connectivity index (χ0v) is 14.0. The van der Waals surface area contributed by atoms with Crippen LogP contribution in [0.15, 0.2) is 12.1 Å². The van der Waals surface area contributed by atoms with Gasteiger partial charge in [-0.1, -0.05) is 23.2 Å². The number of hydrogen-bond donors (Lipinski definition) is 0. The van der Waals surface area contributed by atoms with Gasteiger partial charge in [0.25, 0.3) is 0 Å². The lowest BCUT2D eigenvalue weighted by Crippen LogP contribution is -2.17. The van der Waals surface area contributed by atoms with Crippen molar-refractivity contribution in [1.29, 1.82) is 0 Å². The summed E-state index contributed by atoms with van der Waals surface area (Å²) >= 11 is 20.2. The van der Waals surface area contributed by atoms with E-state index in [0.717, 1.165) is 23.3 Å². The number of alkyl halides is 1. The minimum atomic E-state index is 0.497. The lowest BCUT2D eigenvalue weighted by molar-refractivity contribution is 0.466. The Hall–Kier alpha value is -0.0900. The molecule has 1 aromatic carbocycles. The van der Waals surface area contributed by atoms with Crippen molar-refractivity contribution in [2.75, 3.05) is 17.4 Å². The normalized spacial score (nSPS) is 16.9. The van der Waals surface area contributed by atoms with E-state index in [1.54, 1.807) is 0 Å². The van der Waals surface area contributed by atoms with Crippen LogP contribution in [0.2, 0.25) is 10.0 Å². The van der Waals surface area contributed by atoms with Gasteiger partial charge in [0, 0.05) is 18.3 Å². The van der Waals surface area contributed by atoms with Gasteiger partial charge < -0.3 is 4.57 Å². The summed E-state index contributed by atoms with van der Waals surface area (Å²) in [4.78, 5) is 4.71. The molecule has 0 spiro atoms. The fourth-order valence-electron chi connectivity index (χ4n) is 2.75. The van der Waals surface area contributed by atoms with Crippen LogP contribution >= 0.6 is 46.6 Å². The molecule has 20 heavy (non-hydrogen) atoms. The zero-order valence-electron chi connectivity index (χ0n) is 10.9. The summed E-state index contributed by atoms with van der Waals surface area (Å²) in [6.45, 7) is 0. The lowest BCUT2D eigenvalue weighted by Gasteiger charge is -2.25. The molecule has 1 saturated heterocycles. The Morgan fingerprint density at radius 3 is 2.60 bits per heavy atom. The molecular formula is C14H15Cl3N2S. The number of benzene rings is 1. The number of fused-ring (bicyclic) bond motifs is 1. The Morgan fingerprint density at radius 1 is 1.20 bits per heavy atom. The van der Waals surface area contributed by atoms with Crippen LogP contribution in [0.5, 0.6) is 0 Å². The molecule has 2 nitrogen and oxygen atoms in total. The average molecular weight is 350 g/mol. The third kappa shape index (κ3) is 2.78. The number of aryl methyl sites for hydroxylation is 1. The second-order valence-electron chi connectivity index (χ2n) is 4.94. The van der Waals surface area contributed by atoms with E-state index in [2.05, 4.69) is 4.57 Å². The maximum absolute atomic E-state index is 6.18. The zero-order chi connectivity index (χ0) is 14.1. The van der Waals surface area contributed by atoms with Gasteiger partial charge in [0.15, 0.2) is 0 Å². The Balaban J connectivity index is 2.14. The first-order valence-electron chi connectivity index (χ1n) is 6.70. The number of hydrogen-bond acceptors (Lipinski definition) is 2. The Bertz CT molecular complexity index is 620. The minimum absolute atomic E-state index is 0.497. The number of aromatic nitrogens is 2. The molecule has 0 N–H and O–H groups in total. The topological polar surface area (TPSA) is 17.8 Å². The third-order valence-corrected chi connectivity index (χ3v) is 5.64. The van der Waals surface area contributed by atoms with Gasteiger partial charge in [0.1, 0.15) is 5.82 Å². The maximum Gasteiger partial charge on any atom is 0.111 e. The summed E-state index contributed by atoms with van der Waals surface area (Å²) in [5.41, 5.74) is 1.99. The van der Waals surface area contributed by atoms with Crippen molar-refractivity contribution in [1.82, 2.24) is 9.55 Å². The molecule has 0 atom stereocenters. The van der Waals surface area contributed by atoms with Crippen LogP contribution in [-0.2, 0) is 6.42 Å². The van der Waals surface area contributed by atoms with Crippen LogP contribution in [0.25, 0.3) is 11.0 Å². The van der Waals surface area contributed by atoms with E-state index in [9.17, 15) is 0 Å². The van der Waals surface area contributed by atoms with E-state index in [0.29, 0.717) is 22.0 Å². The van der Waals surface area contributed by atoms with Crippen LogP contribution in [0.4, 0.5) is 0 Å². The van der Waals surface area contributed by atoms with Crippen LogP contribution in [0.1, 0.15) is 24.7 Å². The second-order valence-corrected chi connectivity index (χ2v) is 7.35. The molecule has 2 heterocycles. The fourth-order valence-corrected chi connectivity index (χ4v) is 4.32. The van der Waals surface area contributed by atoms with E-state index in [4.69, 9.17) is 39.8 Å². The van der Waals surface area contributed by atoms with E-state index >= 15 is 0 Å². The van der Waals surface area contributed by atoms with Crippen LogP contribution in [-0.4, -0.2) is 26.9 Å². The first kappa shape index (κ1) is 14.8. The number of imidazole rings is 1. The van der Waals surface area contributed by atoms with Gasteiger partial charge >= 0.3 is 0 Å². The molecule has 0 amide bonds. The van der Waals surface area contributed by atoms with Gasteiger partial charge in [-0.2, -0.15) is 11.8 Å². The van der Waals surface area contributed by atoms with Gasteiger partial charge in [-0.3, -0.25) is 0 Å². The smallest absolute Gasteiger partial charge is 0.111 e. The van der Waals surface area contributed by atoms with Crippen LogP contribution in [0.3, 0.4) is 0 Å².